The van der Waals surface area contributed by atoms with Crippen molar-refractivity contribution in [2.75, 3.05) is 0 Å². The van der Waals surface area contributed by atoms with Crippen LogP contribution in [-0.4, -0.2) is 22.4 Å². The Hall–Kier alpha value is 0.410. The Bertz CT molecular complexity index is 202. The Kier molecular flexibility index (Phi) is 4.23. The van der Waals surface area contributed by atoms with Crippen molar-refractivity contribution in [3.05, 3.63) is 0 Å². The number of alkyl halides is 9. The molecule has 0 rings (SSSR count). The normalized spacial score (nSPS) is 16.9. The first-order valence-electron chi connectivity index (χ1n) is 2.71. The highest BCUT2D eigenvalue weighted by molar-refractivity contribution is 6.50. The van der Waals surface area contributed by atoms with E-state index in [0.717, 1.165) is 0 Å². The molecule has 0 amide bonds. The average molecular weight is 285 g/mol. The van der Waals surface area contributed by atoms with Crippen LogP contribution in [0.15, 0.2) is 0 Å². The fourth-order valence-electron chi connectivity index (χ4n) is 0.273. The van der Waals surface area contributed by atoms with Crippen molar-refractivity contribution in [1.29, 1.82) is 0 Å². The molecule has 0 heterocycles. The van der Waals surface area contributed by atoms with Gasteiger partial charge in [0.25, 0.3) is 4.52 Å². The van der Waals surface area contributed by atoms with E-state index in [0.29, 0.717) is 0 Å². The Morgan fingerprint density at radius 2 is 1.36 bits per heavy atom. The van der Waals surface area contributed by atoms with Crippen molar-refractivity contribution in [2.24, 2.45) is 0 Å². The molecule has 0 aliphatic rings. The van der Waals surface area contributed by atoms with Crippen molar-refractivity contribution in [3.63, 3.8) is 0 Å². The summed E-state index contributed by atoms with van der Waals surface area (Å²) in [5.74, 6) is 0. The second-order valence-electron chi connectivity index (χ2n) is 1.98. The summed E-state index contributed by atoms with van der Waals surface area (Å²) in [5.41, 5.74) is -2.95. The molecule has 0 radical (unpaired) electrons. The molecule has 0 bridgehead atoms. The van der Waals surface area contributed by atoms with Crippen LogP contribution < -0.4 is 0 Å². The minimum atomic E-state index is -6.06. The van der Waals surface area contributed by atoms with Gasteiger partial charge in [-0.2, -0.15) is 22.0 Å². The number of ether oxygens (including phenoxy) is 1. The zero-order valence-electron chi connectivity index (χ0n) is 5.89. The minimum Gasteiger partial charge on any atom is -0.272 e. The van der Waals surface area contributed by atoms with Gasteiger partial charge in [-0.25, -0.2) is 4.39 Å². The molecular weight excluding hydrogens is 284 g/mol. The van der Waals surface area contributed by atoms with Crippen LogP contribution >= 0.6 is 34.8 Å². The van der Waals surface area contributed by atoms with Gasteiger partial charge in [0.2, 0.25) is 5.63 Å². The summed E-state index contributed by atoms with van der Waals surface area (Å²) in [6.45, 7) is 0. The molecule has 0 aromatic heterocycles. The van der Waals surface area contributed by atoms with Crippen molar-refractivity contribution in [2.45, 2.75) is 22.4 Å². The molecule has 0 aromatic carbocycles. The van der Waals surface area contributed by atoms with Crippen molar-refractivity contribution < 1.29 is 31.1 Å². The summed E-state index contributed by atoms with van der Waals surface area (Å²) in [6, 6.07) is 0. The van der Waals surface area contributed by atoms with Gasteiger partial charge in [-0.3, -0.25) is 4.74 Å². The molecule has 0 fully saturated rings. The fourth-order valence-corrected chi connectivity index (χ4v) is 0.512. The molecule has 1 nitrogen and oxygen atoms in total. The summed E-state index contributed by atoms with van der Waals surface area (Å²) < 4.78 is 69.9. The molecule has 86 valence electrons. The van der Waals surface area contributed by atoms with Gasteiger partial charge < -0.3 is 0 Å². The molecule has 0 spiro atoms. The number of halogens is 9. The smallest absolute Gasteiger partial charge is 0.272 e. The van der Waals surface area contributed by atoms with Gasteiger partial charge in [0, 0.05) is 0 Å². The lowest BCUT2D eigenvalue weighted by Gasteiger charge is -2.27. The van der Waals surface area contributed by atoms with Gasteiger partial charge in [-0.05, 0) is 0 Å². The van der Waals surface area contributed by atoms with E-state index >= 15 is 0 Å². The highest BCUT2D eigenvalue weighted by Crippen LogP contribution is 2.44. The van der Waals surface area contributed by atoms with Crippen molar-refractivity contribution in [3.8, 4) is 0 Å². The number of hydrogen-bond acceptors (Lipinski definition) is 1. The Balaban J connectivity index is 4.67. The number of rotatable bonds is 3. The van der Waals surface area contributed by atoms with E-state index in [4.69, 9.17) is 0 Å². The van der Waals surface area contributed by atoms with Gasteiger partial charge in [-0.15, -0.1) is 0 Å². The second kappa shape index (κ2) is 4.11. The Labute approximate surface area is 88.9 Å². The molecule has 0 aliphatic carbocycles. The van der Waals surface area contributed by atoms with E-state index in [-0.39, 0.29) is 0 Å². The molecular formula is C4HCl3F6O. The van der Waals surface area contributed by atoms with E-state index in [2.05, 4.69) is 39.5 Å². The first-order valence-corrected chi connectivity index (χ1v) is 3.90. The maximum absolute atomic E-state index is 12.1. The van der Waals surface area contributed by atoms with Crippen LogP contribution in [0.4, 0.5) is 26.3 Å². The average Bonchev–Trinajstić information content (AvgIpc) is 1.80. The van der Waals surface area contributed by atoms with E-state index < -0.39 is 22.4 Å². The molecule has 14 heavy (non-hydrogen) atoms. The van der Waals surface area contributed by atoms with Crippen LogP contribution in [0.1, 0.15) is 0 Å². The predicted molar refractivity (Wildman–Crippen MR) is 37.3 cm³/mol. The quantitative estimate of drug-likeness (QED) is 0.566. The van der Waals surface area contributed by atoms with E-state index in [1.54, 1.807) is 0 Å². The summed E-state index contributed by atoms with van der Waals surface area (Å²) in [4.78, 5) is 0. The fraction of sp³-hybridized carbons (Fsp3) is 1.00. The van der Waals surface area contributed by atoms with Crippen LogP contribution in [0, 0.1) is 0 Å². The summed E-state index contributed by atoms with van der Waals surface area (Å²) in [5, 5.41) is 0. The van der Waals surface area contributed by atoms with Crippen molar-refractivity contribution in [1.82, 2.24) is 0 Å². The Morgan fingerprint density at radius 1 is 1.00 bits per heavy atom. The first kappa shape index (κ1) is 14.4. The molecule has 0 N–H and O–H groups in total. The van der Waals surface area contributed by atoms with Crippen LogP contribution in [0.5, 0.6) is 0 Å². The lowest BCUT2D eigenvalue weighted by atomic mass is 10.6. The van der Waals surface area contributed by atoms with Crippen LogP contribution in [0.25, 0.3) is 0 Å². The zero-order valence-corrected chi connectivity index (χ0v) is 8.16. The summed E-state index contributed by atoms with van der Waals surface area (Å²) in [6.07, 6.45) is -11.7. The number of hydrogen-bond donors (Lipinski definition) is 0. The summed E-state index contributed by atoms with van der Waals surface area (Å²) in [7, 11) is 0. The lowest BCUT2D eigenvalue weighted by molar-refractivity contribution is -0.401. The maximum Gasteiger partial charge on any atom is 0.483 e. The van der Waals surface area contributed by atoms with Crippen LogP contribution in [0.2, 0.25) is 0 Å². The van der Waals surface area contributed by atoms with Crippen LogP contribution in [0.3, 0.4) is 0 Å². The highest BCUT2D eigenvalue weighted by Gasteiger charge is 2.63. The molecule has 10 heteroatoms. The van der Waals surface area contributed by atoms with Gasteiger partial charge in [-0.1, -0.05) is 34.8 Å². The maximum atomic E-state index is 12.1. The first-order chi connectivity index (χ1) is 5.90. The third-order valence-corrected chi connectivity index (χ3v) is 1.92. The van der Waals surface area contributed by atoms with E-state index in [1.165, 1.54) is 0 Å². The third kappa shape index (κ3) is 3.52. The summed E-state index contributed by atoms with van der Waals surface area (Å²) >= 11 is 13.7. The van der Waals surface area contributed by atoms with Gasteiger partial charge in [0.05, 0.1) is 0 Å². The standard InChI is InChI=1S/C4HCl3F6O/c5-1(8)2(6,7)14-4(12,13)3(9,10)11/h1H. The van der Waals surface area contributed by atoms with E-state index in [1.807, 2.05) is 0 Å². The molecule has 0 saturated heterocycles. The SMILES string of the molecule is FC(Cl)C(Cl)(Cl)OC(F)(F)C(F)(F)F. The molecule has 0 aliphatic heterocycles. The van der Waals surface area contributed by atoms with Gasteiger partial charge >= 0.3 is 12.3 Å². The predicted octanol–water partition coefficient (Wildman–Crippen LogP) is 3.82. The highest BCUT2D eigenvalue weighted by atomic mass is 35.5. The van der Waals surface area contributed by atoms with Crippen molar-refractivity contribution >= 4 is 34.8 Å². The largest absolute Gasteiger partial charge is 0.483 e. The Morgan fingerprint density at radius 3 is 1.57 bits per heavy atom. The second-order valence-corrected chi connectivity index (χ2v) is 3.68. The molecule has 0 aromatic rings. The minimum absolute atomic E-state index is 2.82. The zero-order chi connectivity index (χ0) is 11.8. The lowest BCUT2D eigenvalue weighted by Crippen LogP contribution is -2.45. The van der Waals surface area contributed by atoms with Crippen LogP contribution in [-0.2, 0) is 4.74 Å². The molecule has 0 saturated carbocycles. The van der Waals surface area contributed by atoms with E-state index in [9.17, 15) is 26.3 Å². The molecule has 1 atom stereocenters. The van der Waals surface area contributed by atoms with Gasteiger partial charge in [0.1, 0.15) is 0 Å². The monoisotopic (exact) mass is 284 g/mol. The van der Waals surface area contributed by atoms with Gasteiger partial charge in [0.15, 0.2) is 0 Å². The third-order valence-electron chi connectivity index (χ3n) is 0.848. The topological polar surface area (TPSA) is 9.23 Å². The molecule has 1 unspecified atom stereocenters.